The molecule has 0 unspecified atom stereocenters. The summed E-state index contributed by atoms with van der Waals surface area (Å²) in [6.45, 7) is 6.60. The Balaban J connectivity index is 1.59. The molecule has 2 fully saturated rings. The summed E-state index contributed by atoms with van der Waals surface area (Å²) >= 11 is 3.70. The molecule has 1 aliphatic heterocycles. The van der Waals surface area contributed by atoms with Gasteiger partial charge in [-0.2, -0.15) is 4.98 Å². The molecule has 0 spiro atoms. The van der Waals surface area contributed by atoms with Gasteiger partial charge in [0.25, 0.3) is 4.34 Å². The highest BCUT2D eigenvalue weighted by Gasteiger charge is 2.44. The second-order valence-corrected chi connectivity index (χ2v) is 11.0. The van der Waals surface area contributed by atoms with E-state index in [0.717, 1.165) is 61.2 Å². The molecule has 1 saturated heterocycles. The Bertz CT molecular complexity index is 1060. The Morgan fingerprint density at radius 1 is 1.26 bits per heavy atom. The van der Waals surface area contributed by atoms with Gasteiger partial charge >= 0.3 is 0 Å². The standard InChI is InChI=1S/C23H27N5OS2/c1-15-14-30-22(25-15)31-23(8-3-9-23)19-12-20(28-10-11-29-13-16(28)2)27-21(26-19)17-4-6-18(24)7-5-17/h4-7,12,14,16H,3,8-11,13,24H2,1-2H3/p+1/t16-/m0/s1. The van der Waals surface area contributed by atoms with E-state index in [-0.39, 0.29) is 10.8 Å². The van der Waals surface area contributed by atoms with Crippen LogP contribution in [0.25, 0.3) is 11.4 Å². The fourth-order valence-corrected chi connectivity index (χ4v) is 6.79. The van der Waals surface area contributed by atoms with E-state index in [2.05, 4.69) is 35.2 Å². The molecule has 3 N–H and O–H groups in total. The zero-order chi connectivity index (χ0) is 21.4. The van der Waals surface area contributed by atoms with E-state index in [1.54, 1.807) is 11.3 Å². The number of hydrogen-bond acceptors (Lipinski definition) is 7. The Morgan fingerprint density at radius 2 is 2.06 bits per heavy atom. The maximum Gasteiger partial charge on any atom is 0.296 e. The van der Waals surface area contributed by atoms with E-state index in [4.69, 9.17) is 20.4 Å². The number of nitrogen functional groups attached to an aromatic ring is 1. The Labute approximate surface area is 191 Å². The van der Waals surface area contributed by atoms with Gasteiger partial charge in [-0.05, 0) is 62.2 Å². The summed E-state index contributed by atoms with van der Waals surface area (Å²) in [5.74, 6) is 1.76. The number of aryl methyl sites for hydroxylation is 1. The summed E-state index contributed by atoms with van der Waals surface area (Å²) in [5, 5.41) is 2.18. The van der Waals surface area contributed by atoms with Crippen molar-refractivity contribution in [2.24, 2.45) is 0 Å². The Morgan fingerprint density at radius 3 is 2.71 bits per heavy atom. The summed E-state index contributed by atoms with van der Waals surface area (Å²) in [4.78, 5) is 16.0. The highest BCUT2D eigenvalue weighted by Crippen LogP contribution is 2.55. The van der Waals surface area contributed by atoms with Crippen molar-refractivity contribution in [3.63, 3.8) is 0 Å². The van der Waals surface area contributed by atoms with Gasteiger partial charge in [-0.25, -0.2) is 9.97 Å². The van der Waals surface area contributed by atoms with Gasteiger partial charge in [-0.3, -0.25) is 0 Å². The Kier molecular flexibility index (Phi) is 5.62. The topological polar surface area (TPSA) is 78.4 Å². The highest BCUT2D eigenvalue weighted by atomic mass is 32.2. The molecule has 31 heavy (non-hydrogen) atoms. The third-order valence-corrected chi connectivity index (χ3v) is 8.72. The van der Waals surface area contributed by atoms with Crippen LogP contribution in [0.5, 0.6) is 0 Å². The zero-order valence-electron chi connectivity index (χ0n) is 17.9. The fourth-order valence-electron chi connectivity index (χ4n) is 4.14. The summed E-state index contributed by atoms with van der Waals surface area (Å²) in [7, 11) is 0. The first-order valence-corrected chi connectivity index (χ1v) is 12.5. The Hall–Kier alpha value is -2.16. The molecule has 1 atom stereocenters. The molecule has 3 heterocycles. The van der Waals surface area contributed by atoms with Gasteiger partial charge in [0.2, 0.25) is 0 Å². The average molecular weight is 455 g/mol. The molecule has 8 heteroatoms. The molecular formula is C23H28N5OS2+. The number of benzene rings is 1. The smallest absolute Gasteiger partial charge is 0.296 e. The van der Waals surface area contributed by atoms with Gasteiger partial charge in [0.1, 0.15) is 5.82 Å². The average Bonchev–Trinajstić information content (AvgIpc) is 3.16. The molecule has 0 bridgehead atoms. The minimum atomic E-state index is -0.0104. The molecule has 0 radical (unpaired) electrons. The molecule has 1 aromatic carbocycles. The van der Waals surface area contributed by atoms with Crippen molar-refractivity contribution in [3.8, 4) is 11.4 Å². The first kappa shape index (κ1) is 20.7. The van der Waals surface area contributed by atoms with E-state index in [9.17, 15) is 0 Å². The number of hydrogen-bond donors (Lipinski definition) is 1. The number of H-pyrrole nitrogens is 1. The van der Waals surface area contributed by atoms with Gasteiger partial charge in [-0.1, -0.05) is 11.3 Å². The van der Waals surface area contributed by atoms with Crippen LogP contribution in [0.4, 0.5) is 11.5 Å². The molecule has 2 aromatic heterocycles. The van der Waals surface area contributed by atoms with Crippen molar-refractivity contribution in [1.29, 1.82) is 0 Å². The van der Waals surface area contributed by atoms with Crippen molar-refractivity contribution >= 4 is 34.6 Å². The third kappa shape index (κ3) is 4.16. The molecular weight excluding hydrogens is 426 g/mol. The monoisotopic (exact) mass is 454 g/mol. The molecule has 1 saturated carbocycles. The largest absolute Gasteiger partial charge is 0.399 e. The minimum Gasteiger partial charge on any atom is -0.399 e. The van der Waals surface area contributed by atoms with Crippen molar-refractivity contribution in [1.82, 2.24) is 9.97 Å². The summed E-state index contributed by atoms with van der Waals surface area (Å²) in [6.07, 6.45) is 3.47. The molecule has 6 nitrogen and oxygen atoms in total. The SMILES string of the molecule is Cc1csc(SC2(c3cc(N4CCOC[C@@H]4C)nc(-c4ccc(N)cc4)n3)CCC2)[nH+]1. The van der Waals surface area contributed by atoms with E-state index in [1.165, 1.54) is 16.5 Å². The number of nitrogens with two attached hydrogens (primary N) is 1. The van der Waals surface area contributed by atoms with Gasteiger partial charge in [0.15, 0.2) is 11.5 Å². The van der Waals surface area contributed by atoms with E-state index < -0.39 is 0 Å². The normalized spacial score (nSPS) is 20.5. The van der Waals surface area contributed by atoms with Gasteiger partial charge in [-0.15, -0.1) is 0 Å². The summed E-state index contributed by atoms with van der Waals surface area (Å²) in [6, 6.07) is 10.4. The lowest BCUT2D eigenvalue weighted by Crippen LogP contribution is -2.44. The van der Waals surface area contributed by atoms with Gasteiger partial charge < -0.3 is 15.4 Å². The van der Waals surface area contributed by atoms with E-state index in [0.29, 0.717) is 0 Å². The highest BCUT2D eigenvalue weighted by molar-refractivity contribution is 8.01. The second-order valence-electron chi connectivity index (χ2n) is 8.46. The van der Waals surface area contributed by atoms with Crippen LogP contribution in [0, 0.1) is 6.92 Å². The van der Waals surface area contributed by atoms with Crippen LogP contribution in [-0.4, -0.2) is 35.8 Å². The van der Waals surface area contributed by atoms with Crippen molar-refractivity contribution in [3.05, 3.63) is 47.1 Å². The number of anilines is 2. The maximum absolute atomic E-state index is 5.92. The van der Waals surface area contributed by atoms with Crippen LogP contribution in [0.15, 0.2) is 40.1 Å². The van der Waals surface area contributed by atoms with Crippen LogP contribution in [0.3, 0.4) is 0 Å². The van der Waals surface area contributed by atoms with Crippen molar-refractivity contribution < 1.29 is 9.72 Å². The third-order valence-electron chi connectivity index (χ3n) is 6.10. The first-order valence-electron chi connectivity index (χ1n) is 10.8. The lowest BCUT2D eigenvalue weighted by atomic mass is 9.81. The minimum absolute atomic E-state index is 0.0104. The molecule has 5 rings (SSSR count). The number of ether oxygens (including phenoxy) is 1. The predicted octanol–water partition coefficient (Wildman–Crippen LogP) is 4.31. The van der Waals surface area contributed by atoms with E-state index in [1.807, 2.05) is 36.0 Å². The number of thiazole rings is 1. The first-order chi connectivity index (χ1) is 15.0. The number of nitrogens with one attached hydrogen (secondary N) is 1. The molecule has 2 aliphatic rings. The number of morpholine rings is 1. The van der Waals surface area contributed by atoms with Crippen LogP contribution in [0.2, 0.25) is 0 Å². The van der Waals surface area contributed by atoms with E-state index >= 15 is 0 Å². The number of nitrogens with zero attached hydrogens (tertiary/aromatic N) is 3. The van der Waals surface area contributed by atoms with Crippen LogP contribution in [0.1, 0.15) is 37.6 Å². The lowest BCUT2D eigenvalue weighted by Gasteiger charge is -2.40. The van der Waals surface area contributed by atoms with Gasteiger partial charge in [0, 0.05) is 30.8 Å². The zero-order valence-corrected chi connectivity index (χ0v) is 19.6. The molecule has 1 aliphatic carbocycles. The van der Waals surface area contributed by atoms with Gasteiger partial charge in [0.05, 0.1) is 35.1 Å². The maximum atomic E-state index is 5.92. The molecule has 0 amide bonds. The number of aromatic amines is 1. The lowest BCUT2D eigenvalue weighted by molar-refractivity contribution is -0.425. The second kappa shape index (κ2) is 8.41. The fraction of sp³-hybridized carbons (Fsp3) is 0.435. The van der Waals surface area contributed by atoms with Crippen molar-refractivity contribution in [2.45, 2.75) is 48.2 Å². The molecule has 3 aromatic rings. The van der Waals surface area contributed by atoms with Crippen LogP contribution >= 0.6 is 23.1 Å². The number of rotatable bonds is 5. The molecule has 162 valence electrons. The number of thioether (sulfide) groups is 1. The van der Waals surface area contributed by atoms with Crippen LogP contribution in [-0.2, 0) is 9.48 Å². The summed E-state index contributed by atoms with van der Waals surface area (Å²) in [5.41, 5.74) is 9.99. The van der Waals surface area contributed by atoms with Crippen LogP contribution < -0.4 is 15.6 Å². The quantitative estimate of drug-likeness (QED) is 0.579. The van der Waals surface area contributed by atoms with Crippen molar-refractivity contribution in [2.75, 3.05) is 30.4 Å². The number of aromatic nitrogens is 3. The summed E-state index contributed by atoms with van der Waals surface area (Å²) < 4.78 is 6.90. The predicted molar refractivity (Wildman–Crippen MR) is 127 cm³/mol.